The Labute approximate surface area is 322 Å². The molecule has 0 bridgehead atoms. The van der Waals surface area contributed by atoms with Crippen molar-refractivity contribution in [3.8, 4) is 28.3 Å². The molecule has 54 heavy (non-hydrogen) atoms. The van der Waals surface area contributed by atoms with Gasteiger partial charge in [0.05, 0.1) is 28.5 Å². The van der Waals surface area contributed by atoms with Crippen molar-refractivity contribution in [3.05, 3.63) is 103 Å². The molecule has 8 rings (SSSR count). The summed E-state index contributed by atoms with van der Waals surface area (Å²) in [4.78, 5) is 29.2. The number of ether oxygens (including phenoxy) is 1. The third kappa shape index (κ3) is 5.55. The topological polar surface area (TPSA) is 105 Å². The van der Waals surface area contributed by atoms with Crippen molar-refractivity contribution in [3.63, 3.8) is 0 Å². The van der Waals surface area contributed by atoms with Crippen LogP contribution in [0.2, 0.25) is 10.0 Å². The van der Waals surface area contributed by atoms with Gasteiger partial charge in [0.2, 0.25) is 0 Å². The molecule has 0 aliphatic carbocycles. The molecule has 3 aromatic carbocycles. The van der Waals surface area contributed by atoms with Crippen molar-refractivity contribution in [1.29, 1.82) is 0 Å². The lowest BCUT2D eigenvalue weighted by molar-refractivity contribution is 0.0957. The van der Waals surface area contributed by atoms with Gasteiger partial charge < -0.3 is 18.8 Å². The molecule has 11 nitrogen and oxygen atoms in total. The summed E-state index contributed by atoms with van der Waals surface area (Å²) in [6.07, 6.45) is 3.27. The van der Waals surface area contributed by atoms with Gasteiger partial charge in [-0.1, -0.05) is 34.4 Å². The molecule has 13 heteroatoms. The molecular weight excluding hydrogens is 725 g/mol. The van der Waals surface area contributed by atoms with Gasteiger partial charge in [0, 0.05) is 83.6 Å². The predicted molar refractivity (Wildman–Crippen MR) is 213 cm³/mol. The van der Waals surface area contributed by atoms with Gasteiger partial charge >= 0.3 is 5.76 Å². The lowest BCUT2D eigenvalue weighted by Crippen LogP contribution is -2.42. The number of nitrogens with zero attached hydrogens (tertiary/aromatic N) is 7. The molecule has 0 spiro atoms. The minimum Gasteiger partial charge on any atom is -0.494 e. The van der Waals surface area contributed by atoms with Crippen LogP contribution >= 0.6 is 23.2 Å². The molecular formula is C41H41Cl2N7O4. The van der Waals surface area contributed by atoms with Crippen LogP contribution in [0.4, 0.5) is 5.69 Å². The highest BCUT2D eigenvalue weighted by atomic mass is 35.5. The molecule has 278 valence electrons. The molecule has 0 fully saturated rings. The van der Waals surface area contributed by atoms with Crippen molar-refractivity contribution >= 4 is 56.6 Å². The molecule has 0 unspecified atom stereocenters. The van der Waals surface area contributed by atoms with Crippen LogP contribution in [0.1, 0.15) is 58.0 Å². The SMILES string of the molecule is Cc1cc(OCCCc2c3n(c4c(-c5c(C)nn(C)c5C)c(Cl)ccc24)[C@H](C)CN(c2cn(C)c4ccc(-c5noc(=O)n5C)cc24)C3=O)cc(C)c1Cl. The fourth-order valence-electron chi connectivity index (χ4n) is 8.20. The zero-order valence-corrected chi connectivity index (χ0v) is 33.1. The van der Waals surface area contributed by atoms with E-state index in [9.17, 15) is 4.79 Å². The van der Waals surface area contributed by atoms with Crippen molar-refractivity contribution in [2.24, 2.45) is 21.1 Å². The average Bonchev–Trinajstić information content (AvgIpc) is 3.84. The average molecular weight is 767 g/mol. The second-order valence-electron chi connectivity index (χ2n) is 14.5. The third-order valence-corrected chi connectivity index (χ3v) is 11.8. The Morgan fingerprint density at radius 3 is 2.35 bits per heavy atom. The van der Waals surface area contributed by atoms with E-state index >= 15 is 4.79 Å². The highest BCUT2D eigenvalue weighted by Crippen LogP contribution is 2.46. The summed E-state index contributed by atoms with van der Waals surface area (Å²) in [6, 6.07) is 13.6. The van der Waals surface area contributed by atoms with Crippen LogP contribution in [-0.4, -0.2) is 47.7 Å². The number of anilines is 1. The lowest BCUT2D eigenvalue weighted by atomic mass is 9.98. The van der Waals surface area contributed by atoms with Gasteiger partial charge in [0.1, 0.15) is 11.4 Å². The van der Waals surface area contributed by atoms with Crippen molar-refractivity contribution in [2.45, 2.75) is 53.5 Å². The molecule has 1 atom stereocenters. The molecule has 1 aliphatic rings. The van der Waals surface area contributed by atoms with Gasteiger partial charge in [0.25, 0.3) is 5.91 Å². The number of rotatable bonds is 8. The van der Waals surface area contributed by atoms with Crippen LogP contribution in [0.3, 0.4) is 0 Å². The van der Waals surface area contributed by atoms with E-state index < -0.39 is 5.76 Å². The van der Waals surface area contributed by atoms with E-state index in [1.807, 2.05) is 105 Å². The van der Waals surface area contributed by atoms with Crippen LogP contribution in [0, 0.1) is 27.7 Å². The van der Waals surface area contributed by atoms with Crippen LogP contribution in [0.25, 0.3) is 44.3 Å². The Kier molecular flexibility index (Phi) is 8.77. The van der Waals surface area contributed by atoms with Gasteiger partial charge in [-0.05, 0) is 101 Å². The van der Waals surface area contributed by atoms with Crippen molar-refractivity contribution in [1.82, 2.24) is 28.6 Å². The van der Waals surface area contributed by atoms with E-state index in [1.54, 1.807) is 7.05 Å². The molecule has 7 aromatic rings. The molecule has 0 saturated heterocycles. The van der Waals surface area contributed by atoms with E-state index in [1.165, 1.54) is 4.57 Å². The number of benzene rings is 3. The highest BCUT2D eigenvalue weighted by Gasteiger charge is 2.37. The van der Waals surface area contributed by atoms with Gasteiger partial charge in [-0.25, -0.2) is 4.79 Å². The Balaban J connectivity index is 1.27. The third-order valence-electron chi connectivity index (χ3n) is 10.9. The van der Waals surface area contributed by atoms with Crippen LogP contribution in [0.15, 0.2) is 58.0 Å². The normalized spacial score (nSPS) is 14.5. The van der Waals surface area contributed by atoms with Crippen LogP contribution < -0.4 is 15.4 Å². The summed E-state index contributed by atoms with van der Waals surface area (Å²) in [5.74, 6) is 0.539. The number of amides is 1. The number of aromatic nitrogens is 6. The van der Waals surface area contributed by atoms with Gasteiger partial charge in [-0.15, -0.1) is 0 Å². The number of carbonyl (C=O) groups excluding carboxylic acids is 1. The molecule has 0 radical (unpaired) electrons. The number of hydrogen-bond acceptors (Lipinski definition) is 6. The van der Waals surface area contributed by atoms with E-state index in [0.29, 0.717) is 48.1 Å². The fourth-order valence-corrected chi connectivity index (χ4v) is 8.56. The maximum Gasteiger partial charge on any atom is 0.441 e. The van der Waals surface area contributed by atoms with Crippen LogP contribution in [-0.2, 0) is 27.6 Å². The first-order valence-corrected chi connectivity index (χ1v) is 18.7. The predicted octanol–water partition coefficient (Wildman–Crippen LogP) is 8.66. The number of aryl methyl sites for hydroxylation is 6. The monoisotopic (exact) mass is 765 g/mol. The van der Waals surface area contributed by atoms with Crippen molar-refractivity contribution < 1.29 is 14.1 Å². The summed E-state index contributed by atoms with van der Waals surface area (Å²) < 4.78 is 18.6. The summed E-state index contributed by atoms with van der Waals surface area (Å²) >= 11 is 13.5. The summed E-state index contributed by atoms with van der Waals surface area (Å²) in [5, 5.41) is 11.9. The van der Waals surface area contributed by atoms with Gasteiger partial charge in [-0.3, -0.25) is 18.6 Å². The molecule has 0 N–H and O–H groups in total. The maximum atomic E-state index is 15.2. The van der Waals surface area contributed by atoms with Gasteiger partial charge in [0.15, 0.2) is 5.82 Å². The first-order valence-electron chi connectivity index (χ1n) is 18.0. The first kappa shape index (κ1) is 35.8. The Hall–Kier alpha value is -5.26. The van der Waals surface area contributed by atoms with E-state index in [2.05, 4.69) is 16.6 Å². The lowest BCUT2D eigenvalue weighted by Gasteiger charge is -2.34. The van der Waals surface area contributed by atoms with E-state index in [0.717, 1.165) is 77.5 Å². The number of hydrogen-bond donors (Lipinski definition) is 0. The number of carbonyl (C=O) groups is 1. The molecule has 0 saturated carbocycles. The fraction of sp³-hybridized carbons (Fsp3) is 0.317. The maximum absolute atomic E-state index is 15.2. The zero-order chi connectivity index (χ0) is 38.3. The minimum absolute atomic E-state index is 0.0994. The Morgan fingerprint density at radius 2 is 1.69 bits per heavy atom. The molecule has 5 heterocycles. The zero-order valence-electron chi connectivity index (χ0n) is 31.5. The standard InChI is InChI=1S/C41H41Cl2N7O4/c1-21-16-27(17-22(2)36(21)43)53-15-9-10-28-29-12-13-31(42)35(34-24(4)44-48(8)25(34)5)37(29)50-23(3)19-49(40(51)38(28)50)33-20-46(6)32-14-11-26(18-30(32)33)39-45-54-41(52)47(39)7/h11-14,16-18,20,23H,9-10,15,19H2,1-8H3/t23-/m1/s1. The van der Waals surface area contributed by atoms with Gasteiger partial charge in [-0.2, -0.15) is 5.10 Å². The second-order valence-corrected chi connectivity index (χ2v) is 15.2. The Morgan fingerprint density at radius 1 is 0.944 bits per heavy atom. The van der Waals surface area contributed by atoms with E-state index in [4.69, 9.17) is 37.6 Å². The largest absolute Gasteiger partial charge is 0.494 e. The van der Waals surface area contributed by atoms with Crippen LogP contribution in [0.5, 0.6) is 5.75 Å². The van der Waals surface area contributed by atoms with E-state index in [-0.39, 0.29) is 11.9 Å². The summed E-state index contributed by atoms with van der Waals surface area (Å²) in [7, 11) is 5.52. The molecule has 1 aliphatic heterocycles. The second kappa shape index (κ2) is 13.2. The smallest absolute Gasteiger partial charge is 0.441 e. The quantitative estimate of drug-likeness (QED) is 0.144. The summed E-state index contributed by atoms with van der Waals surface area (Å²) in [6.45, 7) is 11.0. The first-order chi connectivity index (χ1) is 25.8. The minimum atomic E-state index is -0.543. The van der Waals surface area contributed by atoms with Crippen molar-refractivity contribution in [2.75, 3.05) is 18.1 Å². The summed E-state index contributed by atoms with van der Waals surface area (Å²) in [5.41, 5.74) is 10.6. The molecule has 1 amide bonds. The Bertz CT molecular complexity index is 2710. The molecule has 4 aromatic heterocycles. The number of halogens is 2. The number of fused-ring (bicyclic) bond motifs is 4. The highest BCUT2D eigenvalue weighted by molar-refractivity contribution is 6.35.